The van der Waals surface area contributed by atoms with Gasteiger partial charge in [0.25, 0.3) is 0 Å². The molecule has 0 radical (unpaired) electrons. The molecular formula is C21H41IN6O3. The van der Waals surface area contributed by atoms with Gasteiger partial charge >= 0.3 is 6.09 Å². The van der Waals surface area contributed by atoms with Crippen molar-refractivity contribution in [1.29, 1.82) is 0 Å². The maximum absolute atomic E-state index is 12.7. The van der Waals surface area contributed by atoms with E-state index in [1.54, 1.807) is 0 Å². The molecule has 1 unspecified atom stereocenters. The van der Waals surface area contributed by atoms with Gasteiger partial charge in [0.15, 0.2) is 5.96 Å². The minimum absolute atomic E-state index is 0. The standard InChI is InChI=1S/C21H40N6O3.HI/c1-6-22-19(23-9-10-24-20(29)30-21(3,4)5)27-15-13-25(14-16-27)17(2)18(28)26-11-7-8-12-26;/h17H,6-16H2,1-5H3,(H,22,23)(H,24,29);1H. The number of nitrogens with zero attached hydrogens (tertiary/aromatic N) is 4. The van der Waals surface area contributed by atoms with Crippen LogP contribution < -0.4 is 10.6 Å². The number of carbonyl (C=O) groups is 2. The van der Waals surface area contributed by atoms with Crippen molar-refractivity contribution in [3.05, 3.63) is 0 Å². The molecule has 2 amide bonds. The van der Waals surface area contributed by atoms with Crippen LogP contribution in [-0.2, 0) is 9.53 Å². The van der Waals surface area contributed by atoms with E-state index in [1.165, 1.54) is 0 Å². The normalized spacial score (nSPS) is 18.9. The van der Waals surface area contributed by atoms with Crippen LogP contribution in [0.2, 0.25) is 0 Å². The van der Waals surface area contributed by atoms with Gasteiger partial charge in [0, 0.05) is 52.4 Å². The Morgan fingerprint density at radius 3 is 2.16 bits per heavy atom. The molecule has 0 aromatic heterocycles. The molecule has 0 aromatic carbocycles. The van der Waals surface area contributed by atoms with Gasteiger partial charge in [-0.1, -0.05) is 0 Å². The molecule has 2 aliphatic rings. The van der Waals surface area contributed by atoms with Gasteiger partial charge in [-0.15, -0.1) is 24.0 Å². The van der Waals surface area contributed by atoms with Crippen molar-refractivity contribution < 1.29 is 14.3 Å². The van der Waals surface area contributed by atoms with E-state index in [2.05, 4.69) is 25.4 Å². The Kier molecular flexibility index (Phi) is 11.9. The van der Waals surface area contributed by atoms with Crippen molar-refractivity contribution in [2.75, 3.05) is 58.9 Å². The third kappa shape index (κ3) is 9.38. The van der Waals surface area contributed by atoms with Crippen LogP contribution in [0.3, 0.4) is 0 Å². The number of rotatable bonds is 6. The molecule has 2 N–H and O–H groups in total. The molecular weight excluding hydrogens is 511 g/mol. The fourth-order valence-electron chi connectivity index (χ4n) is 3.74. The van der Waals surface area contributed by atoms with E-state index >= 15 is 0 Å². The molecule has 10 heteroatoms. The lowest BCUT2D eigenvalue weighted by Gasteiger charge is -2.39. The highest BCUT2D eigenvalue weighted by Crippen LogP contribution is 2.14. The number of amides is 2. The molecule has 0 bridgehead atoms. The fourth-order valence-corrected chi connectivity index (χ4v) is 3.74. The Bertz CT molecular complexity index is 596. The first-order chi connectivity index (χ1) is 14.2. The number of guanidine groups is 1. The topological polar surface area (TPSA) is 89.5 Å². The molecule has 31 heavy (non-hydrogen) atoms. The summed E-state index contributed by atoms with van der Waals surface area (Å²) in [5.74, 6) is 1.11. The first-order valence-corrected chi connectivity index (χ1v) is 11.2. The Labute approximate surface area is 204 Å². The van der Waals surface area contributed by atoms with Gasteiger partial charge < -0.3 is 25.2 Å². The second-order valence-corrected chi connectivity index (χ2v) is 8.90. The average Bonchev–Trinajstić information content (AvgIpc) is 3.23. The minimum Gasteiger partial charge on any atom is -0.444 e. The summed E-state index contributed by atoms with van der Waals surface area (Å²) < 4.78 is 5.24. The fraction of sp³-hybridized carbons (Fsp3) is 0.857. The van der Waals surface area contributed by atoms with Crippen LogP contribution in [-0.4, -0.2) is 103 Å². The number of piperazine rings is 1. The van der Waals surface area contributed by atoms with Gasteiger partial charge in [0.2, 0.25) is 5.91 Å². The molecule has 0 aromatic rings. The minimum atomic E-state index is -0.505. The van der Waals surface area contributed by atoms with Crippen molar-refractivity contribution in [3.63, 3.8) is 0 Å². The number of hydrogen-bond acceptors (Lipinski definition) is 5. The van der Waals surface area contributed by atoms with Crippen molar-refractivity contribution in [3.8, 4) is 0 Å². The van der Waals surface area contributed by atoms with Crippen molar-refractivity contribution in [2.45, 2.75) is 59.1 Å². The predicted molar refractivity (Wildman–Crippen MR) is 134 cm³/mol. The van der Waals surface area contributed by atoms with E-state index in [0.717, 1.165) is 64.6 Å². The molecule has 9 nitrogen and oxygen atoms in total. The molecule has 2 aliphatic heterocycles. The lowest BCUT2D eigenvalue weighted by molar-refractivity contribution is -0.135. The molecule has 2 heterocycles. The van der Waals surface area contributed by atoms with Gasteiger partial charge in [0.05, 0.1) is 12.6 Å². The third-order valence-corrected chi connectivity index (χ3v) is 5.31. The summed E-state index contributed by atoms with van der Waals surface area (Å²) >= 11 is 0. The van der Waals surface area contributed by atoms with Gasteiger partial charge in [-0.2, -0.15) is 0 Å². The molecule has 1 atom stereocenters. The van der Waals surface area contributed by atoms with Crippen LogP contribution in [0.5, 0.6) is 0 Å². The summed E-state index contributed by atoms with van der Waals surface area (Å²) in [4.78, 5) is 35.5. The average molecular weight is 553 g/mol. The first-order valence-electron chi connectivity index (χ1n) is 11.2. The molecule has 0 spiro atoms. The lowest BCUT2D eigenvalue weighted by atomic mass is 10.2. The molecule has 0 aliphatic carbocycles. The Morgan fingerprint density at radius 1 is 1.00 bits per heavy atom. The Hall–Kier alpha value is -1.30. The smallest absolute Gasteiger partial charge is 0.407 e. The summed E-state index contributed by atoms with van der Waals surface area (Å²) in [5, 5.41) is 6.06. The van der Waals surface area contributed by atoms with Crippen LogP contribution in [0.15, 0.2) is 4.99 Å². The van der Waals surface area contributed by atoms with E-state index in [-0.39, 0.29) is 35.9 Å². The second-order valence-electron chi connectivity index (χ2n) is 8.90. The number of carbonyl (C=O) groups excluding carboxylic acids is 2. The summed E-state index contributed by atoms with van der Waals surface area (Å²) in [6, 6.07) is -0.0669. The lowest BCUT2D eigenvalue weighted by Crippen LogP contribution is -2.57. The maximum atomic E-state index is 12.7. The van der Waals surface area contributed by atoms with Crippen LogP contribution >= 0.6 is 24.0 Å². The summed E-state index contributed by atoms with van der Waals surface area (Å²) in [6.45, 7) is 16.4. The van der Waals surface area contributed by atoms with Crippen LogP contribution in [0.4, 0.5) is 4.79 Å². The molecule has 2 fully saturated rings. The maximum Gasteiger partial charge on any atom is 0.407 e. The molecule has 2 rings (SSSR count). The number of alkyl carbamates (subject to hydrolysis) is 1. The highest BCUT2D eigenvalue weighted by molar-refractivity contribution is 14.0. The van der Waals surface area contributed by atoms with Gasteiger partial charge in [-0.25, -0.2) is 4.79 Å². The summed E-state index contributed by atoms with van der Waals surface area (Å²) in [6.07, 6.45) is 1.82. The number of aliphatic imine (C=N–C) groups is 1. The number of nitrogens with one attached hydrogen (secondary N) is 2. The summed E-state index contributed by atoms with van der Waals surface area (Å²) in [5.41, 5.74) is -0.505. The van der Waals surface area contributed by atoms with Gasteiger partial charge in [-0.05, 0) is 47.5 Å². The zero-order chi connectivity index (χ0) is 22.1. The molecule has 2 saturated heterocycles. The van der Waals surface area contributed by atoms with Gasteiger partial charge in [0.1, 0.15) is 5.60 Å². The van der Waals surface area contributed by atoms with E-state index in [0.29, 0.717) is 13.1 Å². The van der Waals surface area contributed by atoms with Gasteiger partial charge in [-0.3, -0.25) is 14.7 Å². The largest absolute Gasteiger partial charge is 0.444 e. The number of ether oxygens (including phenoxy) is 1. The van der Waals surface area contributed by atoms with Crippen molar-refractivity contribution >= 4 is 41.9 Å². The number of hydrogen-bond donors (Lipinski definition) is 2. The van der Waals surface area contributed by atoms with E-state index in [4.69, 9.17) is 4.74 Å². The van der Waals surface area contributed by atoms with Crippen LogP contribution in [0.1, 0.15) is 47.5 Å². The predicted octanol–water partition coefficient (Wildman–Crippen LogP) is 1.72. The zero-order valence-electron chi connectivity index (χ0n) is 19.8. The highest BCUT2D eigenvalue weighted by Gasteiger charge is 2.30. The highest BCUT2D eigenvalue weighted by atomic mass is 127. The summed E-state index contributed by atoms with van der Waals surface area (Å²) in [7, 11) is 0. The van der Waals surface area contributed by atoms with E-state index in [9.17, 15) is 9.59 Å². The first kappa shape index (κ1) is 27.7. The Morgan fingerprint density at radius 2 is 1.61 bits per heavy atom. The van der Waals surface area contributed by atoms with Crippen molar-refractivity contribution in [1.82, 2.24) is 25.3 Å². The van der Waals surface area contributed by atoms with E-state index < -0.39 is 11.7 Å². The quantitative estimate of drug-likeness (QED) is 0.226. The monoisotopic (exact) mass is 552 g/mol. The molecule has 0 saturated carbocycles. The number of likely N-dealkylation sites (tertiary alicyclic amines) is 1. The Balaban J connectivity index is 0.00000480. The van der Waals surface area contributed by atoms with E-state index in [1.807, 2.05) is 39.5 Å². The SMILES string of the molecule is CCNC(=NCCNC(=O)OC(C)(C)C)N1CCN(C(C)C(=O)N2CCCC2)CC1.I. The second kappa shape index (κ2) is 13.3. The van der Waals surface area contributed by atoms with Crippen LogP contribution in [0, 0.1) is 0 Å². The zero-order valence-corrected chi connectivity index (χ0v) is 22.1. The number of halogens is 1. The van der Waals surface area contributed by atoms with Crippen LogP contribution in [0.25, 0.3) is 0 Å². The molecule has 180 valence electrons. The van der Waals surface area contributed by atoms with Crippen molar-refractivity contribution in [2.24, 2.45) is 4.99 Å². The third-order valence-electron chi connectivity index (χ3n) is 5.31.